The number of nitrogens with zero attached hydrogens (tertiary/aromatic N) is 3. The molecule has 1 aromatic heterocycles. The fourth-order valence-electron chi connectivity index (χ4n) is 3.37. The van der Waals surface area contributed by atoms with Gasteiger partial charge in [0.15, 0.2) is 0 Å². The summed E-state index contributed by atoms with van der Waals surface area (Å²) in [4.78, 5) is 25.5. The van der Waals surface area contributed by atoms with Gasteiger partial charge in [-0.25, -0.2) is 9.18 Å². The molecule has 0 aliphatic heterocycles. The van der Waals surface area contributed by atoms with E-state index in [4.69, 9.17) is 9.47 Å². The van der Waals surface area contributed by atoms with Gasteiger partial charge in [-0.15, -0.1) is 0 Å². The van der Waals surface area contributed by atoms with Gasteiger partial charge in [0.1, 0.15) is 17.6 Å². The first-order valence-corrected chi connectivity index (χ1v) is 11.4. The number of ether oxygens (including phenoxy) is 2. The molecule has 0 unspecified atom stereocenters. The van der Waals surface area contributed by atoms with Gasteiger partial charge < -0.3 is 25.4 Å². The molecule has 3 aromatic rings. The normalized spacial score (nSPS) is 11.6. The third-order valence-corrected chi connectivity index (χ3v) is 5.07. The van der Waals surface area contributed by atoms with Gasteiger partial charge >= 0.3 is 5.97 Å². The monoisotopic (exact) mass is 482 g/mol. The number of nitrogens with one attached hydrogen (secondary N) is 3. The summed E-state index contributed by atoms with van der Waals surface area (Å²) < 4.78 is 23.8. The van der Waals surface area contributed by atoms with Crippen LogP contribution >= 0.6 is 0 Å². The van der Waals surface area contributed by atoms with E-state index in [1.165, 1.54) is 19.2 Å². The number of benzene rings is 2. The second kappa shape index (κ2) is 12.5. The van der Waals surface area contributed by atoms with Crippen molar-refractivity contribution < 1.29 is 18.7 Å². The highest BCUT2D eigenvalue weighted by Crippen LogP contribution is 2.19. The summed E-state index contributed by atoms with van der Waals surface area (Å²) >= 11 is 0. The van der Waals surface area contributed by atoms with Crippen molar-refractivity contribution in [2.75, 3.05) is 36.7 Å². The predicted octanol–water partition coefficient (Wildman–Crippen LogP) is 4.42. The van der Waals surface area contributed by atoms with Gasteiger partial charge in [-0.05, 0) is 54.7 Å². The standard InChI is InChI=1S/C25H31FN6O3/c1-16(2)14-21(22(33)35-4)29-25-31-23(27-13-12-17-8-10-20(34-3)11-9-17)30-24(32-25)28-19-7-5-6-18(26)15-19/h5-11,15-16,21H,12-14H2,1-4H3,(H3,27,28,29,30,31,32)/t21-/m1/s1. The Labute approximate surface area is 204 Å². The van der Waals surface area contributed by atoms with Crippen LogP contribution in [0.4, 0.5) is 27.9 Å². The molecule has 10 heteroatoms. The molecule has 9 nitrogen and oxygen atoms in total. The number of hydrogen-bond acceptors (Lipinski definition) is 9. The summed E-state index contributed by atoms with van der Waals surface area (Å²) in [5, 5.41) is 9.24. The lowest BCUT2D eigenvalue weighted by atomic mass is 10.0. The van der Waals surface area contributed by atoms with Crippen LogP contribution < -0.4 is 20.7 Å². The molecule has 0 fully saturated rings. The van der Waals surface area contributed by atoms with Gasteiger partial charge in [0.25, 0.3) is 0 Å². The summed E-state index contributed by atoms with van der Waals surface area (Å²) in [5.74, 6) is 0.943. The molecule has 35 heavy (non-hydrogen) atoms. The van der Waals surface area contributed by atoms with E-state index in [0.717, 1.165) is 17.7 Å². The van der Waals surface area contributed by atoms with Crippen LogP contribution in [0.3, 0.4) is 0 Å². The van der Waals surface area contributed by atoms with E-state index in [1.807, 2.05) is 38.1 Å². The first-order valence-electron chi connectivity index (χ1n) is 11.4. The molecule has 1 heterocycles. The van der Waals surface area contributed by atoms with Crippen LogP contribution in [0.25, 0.3) is 0 Å². The lowest BCUT2D eigenvalue weighted by Gasteiger charge is -2.19. The van der Waals surface area contributed by atoms with Gasteiger partial charge in [0.2, 0.25) is 17.8 Å². The zero-order valence-corrected chi connectivity index (χ0v) is 20.3. The summed E-state index contributed by atoms with van der Waals surface area (Å²) in [6, 6.07) is 13.1. The topological polar surface area (TPSA) is 110 Å². The number of halogens is 1. The van der Waals surface area contributed by atoms with Gasteiger partial charge in [-0.2, -0.15) is 15.0 Å². The van der Waals surface area contributed by atoms with Crippen molar-refractivity contribution in [1.82, 2.24) is 15.0 Å². The van der Waals surface area contributed by atoms with Crippen molar-refractivity contribution >= 4 is 29.5 Å². The van der Waals surface area contributed by atoms with Crippen LogP contribution in [-0.2, 0) is 16.0 Å². The Kier molecular flexibility index (Phi) is 9.16. The largest absolute Gasteiger partial charge is 0.497 e. The molecule has 1 atom stereocenters. The number of rotatable bonds is 12. The maximum absolute atomic E-state index is 13.6. The zero-order valence-electron chi connectivity index (χ0n) is 20.3. The maximum atomic E-state index is 13.6. The number of carbonyl (C=O) groups is 1. The minimum Gasteiger partial charge on any atom is -0.497 e. The van der Waals surface area contributed by atoms with Crippen molar-refractivity contribution in [1.29, 1.82) is 0 Å². The molecule has 3 N–H and O–H groups in total. The highest BCUT2D eigenvalue weighted by molar-refractivity contribution is 5.78. The average Bonchev–Trinajstić information content (AvgIpc) is 2.83. The maximum Gasteiger partial charge on any atom is 0.328 e. The molecule has 0 bridgehead atoms. The molecule has 0 aliphatic carbocycles. The quantitative estimate of drug-likeness (QED) is 0.323. The number of esters is 1. The highest BCUT2D eigenvalue weighted by Gasteiger charge is 2.22. The number of hydrogen-bond donors (Lipinski definition) is 3. The van der Waals surface area contributed by atoms with Crippen LogP contribution in [0, 0.1) is 11.7 Å². The van der Waals surface area contributed by atoms with Crippen molar-refractivity contribution in [2.45, 2.75) is 32.7 Å². The number of carbonyl (C=O) groups excluding carboxylic acids is 1. The fraction of sp³-hybridized carbons (Fsp3) is 0.360. The lowest BCUT2D eigenvalue weighted by Crippen LogP contribution is -2.33. The average molecular weight is 483 g/mol. The van der Waals surface area contributed by atoms with E-state index in [1.54, 1.807) is 19.2 Å². The van der Waals surface area contributed by atoms with E-state index in [0.29, 0.717) is 24.6 Å². The Morgan fingerprint density at radius 1 is 1.00 bits per heavy atom. The Morgan fingerprint density at radius 2 is 1.71 bits per heavy atom. The summed E-state index contributed by atoms with van der Waals surface area (Å²) in [6.07, 6.45) is 1.26. The van der Waals surface area contributed by atoms with E-state index >= 15 is 0 Å². The molecule has 186 valence electrons. The number of anilines is 4. The molecular formula is C25H31FN6O3. The smallest absolute Gasteiger partial charge is 0.328 e. The minimum absolute atomic E-state index is 0.196. The minimum atomic E-state index is -0.628. The van der Waals surface area contributed by atoms with Gasteiger partial charge in [0.05, 0.1) is 14.2 Å². The fourth-order valence-corrected chi connectivity index (χ4v) is 3.37. The molecular weight excluding hydrogens is 451 g/mol. The van der Waals surface area contributed by atoms with E-state index in [9.17, 15) is 9.18 Å². The van der Waals surface area contributed by atoms with Gasteiger partial charge in [-0.3, -0.25) is 0 Å². The molecule has 0 aliphatic rings. The van der Waals surface area contributed by atoms with Gasteiger partial charge in [-0.1, -0.05) is 32.0 Å². The van der Waals surface area contributed by atoms with Crippen LogP contribution in [0.1, 0.15) is 25.8 Å². The van der Waals surface area contributed by atoms with Crippen LogP contribution in [-0.4, -0.2) is 47.7 Å². The lowest BCUT2D eigenvalue weighted by molar-refractivity contribution is -0.141. The predicted molar refractivity (Wildman–Crippen MR) is 134 cm³/mol. The third kappa shape index (κ3) is 8.09. The first-order chi connectivity index (χ1) is 16.9. The van der Waals surface area contributed by atoms with Crippen molar-refractivity contribution in [2.24, 2.45) is 5.92 Å². The molecule has 2 aromatic carbocycles. The van der Waals surface area contributed by atoms with Crippen LogP contribution in [0.5, 0.6) is 5.75 Å². The molecule has 0 saturated carbocycles. The zero-order chi connectivity index (χ0) is 25.2. The van der Waals surface area contributed by atoms with Crippen molar-refractivity contribution in [3.8, 4) is 5.75 Å². The Morgan fingerprint density at radius 3 is 2.37 bits per heavy atom. The van der Waals surface area contributed by atoms with E-state index in [-0.39, 0.29) is 23.6 Å². The summed E-state index contributed by atoms with van der Waals surface area (Å²) in [7, 11) is 2.97. The number of methoxy groups -OCH3 is 2. The molecule has 0 spiro atoms. The van der Waals surface area contributed by atoms with Crippen LogP contribution in [0.2, 0.25) is 0 Å². The highest BCUT2D eigenvalue weighted by atomic mass is 19.1. The summed E-state index contributed by atoms with van der Waals surface area (Å²) in [6.45, 7) is 4.57. The van der Waals surface area contributed by atoms with Crippen molar-refractivity contribution in [3.63, 3.8) is 0 Å². The van der Waals surface area contributed by atoms with E-state index in [2.05, 4.69) is 30.9 Å². The van der Waals surface area contributed by atoms with Crippen molar-refractivity contribution in [3.05, 3.63) is 59.9 Å². The Bertz CT molecular complexity index is 1110. The second-order valence-electron chi connectivity index (χ2n) is 8.32. The molecule has 0 amide bonds. The molecule has 0 radical (unpaired) electrons. The van der Waals surface area contributed by atoms with E-state index < -0.39 is 12.0 Å². The molecule has 0 saturated heterocycles. The first kappa shape index (κ1) is 25.7. The third-order valence-electron chi connectivity index (χ3n) is 5.07. The summed E-state index contributed by atoms with van der Waals surface area (Å²) in [5.41, 5.74) is 1.60. The van der Waals surface area contributed by atoms with Crippen LogP contribution in [0.15, 0.2) is 48.5 Å². The molecule has 3 rings (SSSR count). The second-order valence-corrected chi connectivity index (χ2v) is 8.32. The van der Waals surface area contributed by atoms with Gasteiger partial charge in [0, 0.05) is 12.2 Å². The number of aromatic nitrogens is 3. The Hall–Kier alpha value is -3.95. The Balaban J connectivity index is 1.79. The SMILES string of the molecule is COC(=O)[C@@H](CC(C)C)Nc1nc(NCCc2ccc(OC)cc2)nc(Nc2cccc(F)c2)n1.